The smallest absolute Gasteiger partial charge is 0.341 e. The summed E-state index contributed by atoms with van der Waals surface area (Å²) in [5.41, 5.74) is 0.401. The van der Waals surface area contributed by atoms with Crippen molar-refractivity contribution in [1.29, 1.82) is 0 Å². The van der Waals surface area contributed by atoms with Gasteiger partial charge in [-0.25, -0.2) is 9.59 Å². The Balaban J connectivity index is 3.98. The molecule has 6 heteroatoms. The summed E-state index contributed by atoms with van der Waals surface area (Å²) in [6.45, 7) is 10.3. The van der Waals surface area contributed by atoms with Crippen molar-refractivity contribution in [3.63, 3.8) is 0 Å². The summed E-state index contributed by atoms with van der Waals surface area (Å²) in [6, 6.07) is 0. The number of carbonyl (C=O) groups is 4. The highest BCUT2D eigenvalue weighted by molar-refractivity contribution is 5.96. The maximum absolute atomic E-state index is 11.3. The lowest BCUT2D eigenvalue weighted by Crippen LogP contribution is -2.16. The molecule has 0 rings (SSSR count). The first-order valence-electron chi connectivity index (χ1n) is 6.67. The third-order valence-electron chi connectivity index (χ3n) is 2.61. The van der Waals surface area contributed by atoms with Crippen molar-refractivity contribution in [2.24, 2.45) is 0 Å². The standard InChI is InChI=1S/C15H20O6/c1-5-10(3)14(18)20-12(16)8-7-9-13(17)21-15(19)11(4)6-2/h3-9H2,1-2H3. The van der Waals surface area contributed by atoms with Gasteiger partial charge in [-0.15, -0.1) is 0 Å². The zero-order valence-electron chi connectivity index (χ0n) is 12.4. The van der Waals surface area contributed by atoms with E-state index < -0.39 is 23.9 Å². The summed E-state index contributed by atoms with van der Waals surface area (Å²) in [7, 11) is 0. The van der Waals surface area contributed by atoms with E-state index in [4.69, 9.17) is 0 Å². The summed E-state index contributed by atoms with van der Waals surface area (Å²) >= 11 is 0. The first-order valence-corrected chi connectivity index (χ1v) is 6.67. The van der Waals surface area contributed by atoms with Gasteiger partial charge in [-0.3, -0.25) is 9.59 Å². The minimum Gasteiger partial charge on any atom is -0.390 e. The first-order chi connectivity index (χ1) is 9.81. The van der Waals surface area contributed by atoms with E-state index in [0.29, 0.717) is 12.8 Å². The Hall–Kier alpha value is -2.24. The molecule has 0 unspecified atom stereocenters. The van der Waals surface area contributed by atoms with Gasteiger partial charge in [-0.2, -0.15) is 0 Å². The average Bonchev–Trinajstić information content (AvgIpc) is 2.44. The molecule has 6 nitrogen and oxygen atoms in total. The quantitative estimate of drug-likeness (QED) is 0.388. The molecular weight excluding hydrogens is 276 g/mol. The van der Waals surface area contributed by atoms with Crippen LogP contribution in [0.2, 0.25) is 0 Å². The average molecular weight is 296 g/mol. The molecule has 0 N–H and O–H groups in total. The molecule has 116 valence electrons. The van der Waals surface area contributed by atoms with Gasteiger partial charge in [-0.1, -0.05) is 27.0 Å². The van der Waals surface area contributed by atoms with Crippen LogP contribution >= 0.6 is 0 Å². The Kier molecular flexibility index (Phi) is 8.60. The highest BCUT2D eigenvalue weighted by Crippen LogP contribution is 2.06. The number of rotatable bonds is 8. The number of esters is 4. The zero-order valence-corrected chi connectivity index (χ0v) is 12.4. The van der Waals surface area contributed by atoms with Gasteiger partial charge in [0.05, 0.1) is 0 Å². The van der Waals surface area contributed by atoms with Gasteiger partial charge in [0.1, 0.15) is 0 Å². The van der Waals surface area contributed by atoms with Crippen LogP contribution in [-0.4, -0.2) is 23.9 Å². The van der Waals surface area contributed by atoms with Gasteiger partial charge in [0, 0.05) is 24.0 Å². The second kappa shape index (κ2) is 9.63. The molecule has 0 spiro atoms. The van der Waals surface area contributed by atoms with Crippen molar-refractivity contribution in [1.82, 2.24) is 0 Å². The summed E-state index contributed by atoms with van der Waals surface area (Å²) in [5.74, 6) is -3.02. The van der Waals surface area contributed by atoms with E-state index in [9.17, 15) is 19.2 Å². The fourth-order valence-corrected chi connectivity index (χ4v) is 1.12. The molecule has 0 saturated heterocycles. The van der Waals surface area contributed by atoms with E-state index in [-0.39, 0.29) is 30.4 Å². The summed E-state index contributed by atoms with van der Waals surface area (Å²) in [5, 5.41) is 0. The fourth-order valence-electron chi connectivity index (χ4n) is 1.12. The largest absolute Gasteiger partial charge is 0.390 e. The van der Waals surface area contributed by atoms with Crippen LogP contribution in [0, 0.1) is 0 Å². The molecule has 0 bridgehead atoms. The molecular formula is C15H20O6. The van der Waals surface area contributed by atoms with E-state index in [1.165, 1.54) is 0 Å². The van der Waals surface area contributed by atoms with Crippen molar-refractivity contribution in [2.45, 2.75) is 46.0 Å². The zero-order chi connectivity index (χ0) is 16.4. The molecule has 0 aromatic heterocycles. The van der Waals surface area contributed by atoms with Crippen molar-refractivity contribution < 1.29 is 28.7 Å². The molecule has 0 aromatic rings. The molecule has 0 saturated carbocycles. The maximum atomic E-state index is 11.3. The highest BCUT2D eigenvalue weighted by Gasteiger charge is 2.15. The summed E-state index contributed by atoms with van der Waals surface area (Å²) in [6.07, 6.45) is 0.653. The minimum atomic E-state index is -0.764. The van der Waals surface area contributed by atoms with E-state index in [2.05, 4.69) is 22.6 Å². The lowest BCUT2D eigenvalue weighted by Gasteiger charge is -2.04. The van der Waals surface area contributed by atoms with Gasteiger partial charge >= 0.3 is 23.9 Å². The van der Waals surface area contributed by atoms with Crippen LogP contribution in [0.1, 0.15) is 46.0 Å². The number of carbonyl (C=O) groups excluding carboxylic acids is 4. The summed E-state index contributed by atoms with van der Waals surface area (Å²) in [4.78, 5) is 45.1. The molecule has 0 radical (unpaired) electrons. The monoisotopic (exact) mass is 296 g/mol. The SMILES string of the molecule is C=C(CC)C(=O)OC(=O)CCCC(=O)OC(=O)C(=C)CC. The molecule has 0 atom stereocenters. The fraction of sp³-hybridized carbons (Fsp3) is 0.467. The van der Waals surface area contributed by atoms with Crippen LogP contribution in [0.5, 0.6) is 0 Å². The Bertz CT molecular complexity index is 419. The normalized spacial score (nSPS) is 9.62. The predicted octanol–water partition coefficient (Wildman–Crippen LogP) is 2.23. The third-order valence-corrected chi connectivity index (χ3v) is 2.61. The Morgan fingerprint density at radius 3 is 1.38 bits per heavy atom. The van der Waals surface area contributed by atoms with Crippen molar-refractivity contribution in [3.05, 3.63) is 24.3 Å². The lowest BCUT2D eigenvalue weighted by atomic mass is 10.2. The van der Waals surface area contributed by atoms with Crippen molar-refractivity contribution in [2.75, 3.05) is 0 Å². The molecule has 0 aliphatic heterocycles. The van der Waals surface area contributed by atoms with E-state index in [1.54, 1.807) is 13.8 Å². The number of ether oxygens (including phenoxy) is 2. The third kappa shape index (κ3) is 7.81. The van der Waals surface area contributed by atoms with Crippen LogP contribution in [0.3, 0.4) is 0 Å². The Labute approximate surface area is 123 Å². The van der Waals surface area contributed by atoms with Crippen molar-refractivity contribution in [3.8, 4) is 0 Å². The second-order valence-electron chi connectivity index (χ2n) is 4.29. The molecule has 0 aliphatic rings. The van der Waals surface area contributed by atoms with Gasteiger partial charge < -0.3 is 9.47 Å². The minimum absolute atomic E-state index is 0.120. The summed E-state index contributed by atoms with van der Waals surface area (Å²) < 4.78 is 9.02. The van der Waals surface area contributed by atoms with Crippen LogP contribution in [0.15, 0.2) is 24.3 Å². The van der Waals surface area contributed by atoms with E-state index in [1.807, 2.05) is 0 Å². The first kappa shape index (κ1) is 18.8. The van der Waals surface area contributed by atoms with Gasteiger partial charge in [0.25, 0.3) is 0 Å². The molecule has 0 aliphatic carbocycles. The van der Waals surface area contributed by atoms with E-state index >= 15 is 0 Å². The van der Waals surface area contributed by atoms with Crippen LogP contribution in [-0.2, 0) is 28.7 Å². The van der Waals surface area contributed by atoms with E-state index in [0.717, 1.165) is 0 Å². The van der Waals surface area contributed by atoms with Crippen LogP contribution < -0.4 is 0 Å². The van der Waals surface area contributed by atoms with Gasteiger partial charge in [0.2, 0.25) is 0 Å². The molecule has 0 aromatic carbocycles. The number of hydrogen-bond donors (Lipinski definition) is 0. The van der Waals surface area contributed by atoms with Crippen LogP contribution in [0.4, 0.5) is 0 Å². The molecule has 21 heavy (non-hydrogen) atoms. The Morgan fingerprint density at radius 2 is 1.10 bits per heavy atom. The van der Waals surface area contributed by atoms with Crippen LogP contribution in [0.25, 0.3) is 0 Å². The molecule has 0 heterocycles. The second-order valence-corrected chi connectivity index (χ2v) is 4.29. The van der Waals surface area contributed by atoms with Gasteiger partial charge in [0.15, 0.2) is 0 Å². The topological polar surface area (TPSA) is 86.7 Å². The molecule has 0 amide bonds. The lowest BCUT2D eigenvalue weighted by molar-refractivity contribution is -0.157. The number of hydrogen-bond acceptors (Lipinski definition) is 6. The highest BCUT2D eigenvalue weighted by atomic mass is 16.6. The van der Waals surface area contributed by atoms with Gasteiger partial charge in [-0.05, 0) is 19.3 Å². The Morgan fingerprint density at radius 1 is 0.762 bits per heavy atom. The predicted molar refractivity (Wildman–Crippen MR) is 74.9 cm³/mol. The maximum Gasteiger partial charge on any atom is 0.341 e. The van der Waals surface area contributed by atoms with Crippen molar-refractivity contribution >= 4 is 23.9 Å². The molecule has 0 fully saturated rings.